The van der Waals surface area contributed by atoms with E-state index in [4.69, 9.17) is 0 Å². The Bertz CT molecular complexity index is 452. The summed E-state index contributed by atoms with van der Waals surface area (Å²) in [5, 5.41) is 0. The van der Waals surface area contributed by atoms with Crippen LogP contribution in [0.3, 0.4) is 0 Å². The maximum Gasteiger partial charge on any atom is 0.417 e. The molecule has 86 valence electrons. The summed E-state index contributed by atoms with van der Waals surface area (Å²) >= 11 is 1.75. The molecule has 0 aliphatic rings. The summed E-state index contributed by atoms with van der Waals surface area (Å²) in [5.74, 6) is -0.714. The topological polar surface area (TPSA) is 34.1 Å². The van der Waals surface area contributed by atoms with Crippen molar-refractivity contribution < 1.29 is 22.8 Å². The van der Waals surface area contributed by atoms with Crippen LogP contribution >= 0.6 is 22.6 Å². The van der Waals surface area contributed by atoms with Crippen LogP contribution in [0.25, 0.3) is 0 Å². The Morgan fingerprint density at radius 3 is 2.31 bits per heavy atom. The number of hydrogen-bond donors (Lipinski definition) is 0. The van der Waals surface area contributed by atoms with Gasteiger partial charge in [0, 0.05) is 14.7 Å². The third kappa shape index (κ3) is 2.60. The lowest BCUT2D eigenvalue weighted by molar-refractivity contribution is -0.138. The van der Waals surface area contributed by atoms with Gasteiger partial charge >= 0.3 is 6.18 Å². The molecule has 0 fully saturated rings. The first-order chi connectivity index (χ1) is 7.27. The average Bonchev–Trinajstić information content (AvgIpc) is 2.14. The molecule has 1 aromatic carbocycles. The fraction of sp³-hybridized carbons (Fsp3) is 0.200. The standard InChI is InChI=1S/C10H6F3IO2/c1-5(16)8-3-7(14)2-6(4-15)9(8)10(11,12)13/h2-4H,1H3. The van der Waals surface area contributed by atoms with Gasteiger partial charge in [-0.3, -0.25) is 9.59 Å². The molecule has 16 heavy (non-hydrogen) atoms. The Morgan fingerprint density at radius 2 is 1.94 bits per heavy atom. The molecule has 0 saturated carbocycles. The summed E-state index contributed by atoms with van der Waals surface area (Å²) in [4.78, 5) is 21.7. The van der Waals surface area contributed by atoms with Gasteiger partial charge in [-0.05, 0) is 41.6 Å². The van der Waals surface area contributed by atoms with Gasteiger partial charge in [-0.2, -0.15) is 13.2 Å². The van der Waals surface area contributed by atoms with E-state index in [1.165, 1.54) is 0 Å². The Kier molecular flexibility index (Phi) is 3.72. The van der Waals surface area contributed by atoms with Crippen molar-refractivity contribution in [2.24, 2.45) is 0 Å². The van der Waals surface area contributed by atoms with Crippen molar-refractivity contribution in [3.63, 3.8) is 0 Å². The molecular weight excluding hydrogens is 336 g/mol. The van der Waals surface area contributed by atoms with Gasteiger partial charge in [-0.15, -0.1) is 0 Å². The summed E-state index contributed by atoms with van der Waals surface area (Å²) in [5.41, 5.74) is -2.14. The number of aldehydes is 1. The van der Waals surface area contributed by atoms with Crippen LogP contribution in [0.2, 0.25) is 0 Å². The quantitative estimate of drug-likeness (QED) is 0.469. The molecule has 1 aromatic rings. The number of Topliss-reactive ketones (excluding diaryl/α,β-unsaturated/α-hetero) is 1. The molecule has 0 heterocycles. The van der Waals surface area contributed by atoms with Crippen molar-refractivity contribution in [3.8, 4) is 0 Å². The monoisotopic (exact) mass is 342 g/mol. The summed E-state index contributed by atoms with van der Waals surface area (Å²) in [6, 6.07) is 2.22. The third-order valence-electron chi connectivity index (χ3n) is 1.92. The molecule has 0 spiro atoms. The van der Waals surface area contributed by atoms with Crippen molar-refractivity contribution in [1.82, 2.24) is 0 Å². The fourth-order valence-corrected chi connectivity index (χ4v) is 1.96. The van der Waals surface area contributed by atoms with Gasteiger partial charge in [0.25, 0.3) is 0 Å². The third-order valence-corrected chi connectivity index (χ3v) is 2.55. The minimum Gasteiger partial charge on any atom is -0.298 e. The smallest absolute Gasteiger partial charge is 0.298 e. The lowest BCUT2D eigenvalue weighted by Gasteiger charge is -2.13. The minimum absolute atomic E-state index is 0.109. The van der Waals surface area contributed by atoms with Crippen LogP contribution in [0.1, 0.15) is 33.2 Å². The SMILES string of the molecule is CC(=O)c1cc(I)cc(C=O)c1C(F)(F)F. The largest absolute Gasteiger partial charge is 0.417 e. The van der Waals surface area contributed by atoms with Gasteiger partial charge in [0.05, 0.1) is 5.56 Å². The van der Waals surface area contributed by atoms with E-state index in [0.29, 0.717) is 3.57 Å². The average molecular weight is 342 g/mol. The van der Waals surface area contributed by atoms with E-state index in [-0.39, 0.29) is 6.29 Å². The maximum atomic E-state index is 12.7. The molecule has 0 aliphatic carbocycles. The Balaban J connectivity index is 3.65. The number of carbonyl (C=O) groups is 2. The first-order valence-electron chi connectivity index (χ1n) is 4.14. The number of alkyl halides is 3. The van der Waals surface area contributed by atoms with E-state index >= 15 is 0 Å². The summed E-state index contributed by atoms with van der Waals surface area (Å²) in [7, 11) is 0. The molecular formula is C10H6F3IO2. The van der Waals surface area contributed by atoms with Crippen molar-refractivity contribution in [3.05, 3.63) is 32.4 Å². The number of halogens is 4. The van der Waals surface area contributed by atoms with Crippen molar-refractivity contribution in [2.75, 3.05) is 0 Å². The zero-order valence-corrected chi connectivity index (χ0v) is 10.2. The molecule has 2 nitrogen and oxygen atoms in total. The van der Waals surface area contributed by atoms with E-state index in [1.807, 2.05) is 0 Å². The number of hydrogen-bond acceptors (Lipinski definition) is 2. The van der Waals surface area contributed by atoms with E-state index in [0.717, 1.165) is 19.1 Å². The van der Waals surface area contributed by atoms with Crippen LogP contribution < -0.4 is 0 Å². The van der Waals surface area contributed by atoms with E-state index in [9.17, 15) is 22.8 Å². The van der Waals surface area contributed by atoms with Gasteiger partial charge in [-0.25, -0.2) is 0 Å². The molecule has 0 radical (unpaired) electrons. The van der Waals surface area contributed by atoms with Crippen LogP contribution in [0, 0.1) is 3.57 Å². The highest BCUT2D eigenvalue weighted by atomic mass is 127. The van der Waals surface area contributed by atoms with Crippen LogP contribution in [0.5, 0.6) is 0 Å². The molecule has 0 N–H and O–H groups in total. The van der Waals surface area contributed by atoms with Crippen molar-refractivity contribution in [1.29, 1.82) is 0 Å². The van der Waals surface area contributed by atoms with E-state index in [1.54, 1.807) is 22.6 Å². The second-order valence-electron chi connectivity index (χ2n) is 3.09. The predicted molar refractivity (Wildman–Crippen MR) is 59.6 cm³/mol. The Hall–Kier alpha value is -0.920. The number of carbonyl (C=O) groups excluding carboxylic acids is 2. The zero-order valence-electron chi connectivity index (χ0n) is 8.06. The van der Waals surface area contributed by atoms with Gasteiger partial charge in [0.15, 0.2) is 12.1 Å². The van der Waals surface area contributed by atoms with Gasteiger partial charge in [0.2, 0.25) is 0 Å². The number of ketones is 1. The molecule has 1 rings (SSSR count). The van der Waals surface area contributed by atoms with Crippen LogP contribution in [-0.2, 0) is 6.18 Å². The Morgan fingerprint density at radius 1 is 1.38 bits per heavy atom. The van der Waals surface area contributed by atoms with Gasteiger partial charge < -0.3 is 0 Å². The lowest BCUT2D eigenvalue weighted by atomic mass is 9.99. The van der Waals surface area contributed by atoms with Gasteiger partial charge in [0.1, 0.15) is 0 Å². The van der Waals surface area contributed by atoms with Crippen molar-refractivity contribution >= 4 is 34.7 Å². The normalized spacial score (nSPS) is 11.3. The molecule has 0 unspecified atom stereocenters. The Labute approximate surface area is 103 Å². The highest BCUT2D eigenvalue weighted by Crippen LogP contribution is 2.35. The summed E-state index contributed by atoms with van der Waals surface area (Å²) in [6.45, 7) is 1.04. The van der Waals surface area contributed by atoms with Crippen LogP contribution in [0.4, 0.5) is 13.2 Å². The fourth-order valence-electron chi connectivity index (χ4n) is 1.31. The molecule has 0 aliphatic heterocycles. The summed E-state index contributed by atoms with van der Waals surface area (Å²) in [6.07, 6.45) is -4.60. The number of benzene rings is 1. The predicted octanol–water partition coefficient (Wildman–Crippen LogP) is 3.33. The molecule has 6 heteroatoms. The van der Waals surface area contributed by atoms with E-state index in [2.05, 4.69) is 0 Å². The minimum atomic E-state index is -4.71. The molecule has 0 aromatic heterocycles. The van der Waals surface area contributed by atoms with Gasteiger partial charge in [-0.1, -0.05) is 0 Å². The first-order valence-corrected chi connectivity index (χ1v) is 5.22. The highest BCUT2D eigenvalue weighted by Gasteiger charge is 2.37. The lowest BCUT2D eigenvalue weighted by Crippen LogP contribution is -2.15. The molecule has 0 atom stereocenters. The van der Waals surface area contributed by atoms with Crippen LogP contribution in [-0.4, -0.2) is 12.1 Å². The molecule has 0 saturated heterocycles. The second kappa shape index (κ2) is 4.52. The highest BCUT2D eigenvalue weighted by molar-refractivity contribution is 14.1. The summed E-state index contributed by atoms with van der Waals surface area (Å²) < 4.78 is 38.4. The first kappa shape index (κ1) is 13.1. The van der Waals surface area contributed by atoms with E-state index < -0.39 is 28.6 Å². The second-order valence-corrected chi connectivity index (χ2v) is 4.34. The van der Waals surface area contributed by atoms with Crippen molar-refractivity contribution in [2.45, 2.75) is 13.1 Å². The number of rotatable bonds is 2. The zero-order chi connectivity index (χ0) is 12.5. The van der Waals surface area contributed by atoms with Crippen LogP contribution in [0.15, 0.2) is 12.1 Å². The maximum absolute atomic E-state index is 12.7. The molecule has 0 bridgehead atoms. The molecule has 0 amide bonds.